The summed E-state index contributed by atoms with van der Waals surface area (Å²) in [5, 5.41) is 19.6. The quantitative estimate of drug-likeness (QED) is 0.387. The van der Waals surface area contributed by atoms with E-state index in [0.717, 1.165) is 27.7 Å². The van der Waals surface area contributed by atoms with E-state index in [1.807, 2.05) is 0 Å². The van der Waals surface area contributed by atoms with Gasteiger partial charge in [0.2, 0.25) is 0 Å². The summed E-state index contributed by atoms with van der Waals surface area (Å²) in [5.74, 6) is -7.95. The number of ether oxygens (including phenoxy) is 5. The first-order valence-corrected chi connectivity index (χ1v) is 8.14. The van der Waals surface area contributed by atoms with Crippen LogP contribution < -0.4 is 0 Å². The molecule has 0 spiro atoms. The molecule has 5 atom stereocenters. The number of hydrogen-bond acceptors (Lipinski definition) is 11. The van der Waals surface area contributed by atoms with Crippen LogP contribution in [0.5, 0.6) is 0 Å². The highest BCUT2D eigenvalue weighted by molar-refractivity contribution is 5.76. The van der Waals surface area contributed by atoms with Crippen molar-refractivity contribution in [3.05, 3.63) is 0 Å². The van der Waals surface area contributed by atoms with Gasteiger partial charge in [0.25, 0.3) is 5.79 Å². The van der Waals surface area contributed by atoms with Crippen molar-refractivity contribution in [3.63, 3.8) is 0 Å². The van der Waals surface area contributed by atoms with Crippen LogP contribution in [-0.4, -0.2) is 76.9 Å². The fraction of sp³-hybridized carbons (Fsp3) is 0.688. The molecule has 2 N–H and O–H groups in total. The molecule has 1 saturated heterocycles. The monoisotopic (exact) mass is 406 g/mol. The third-order valence-electron chi connectivity index (χ3n) is 3.59. The summed E-state index contributed by atoms with van der Waals surface area (Å²) >= 11 is 0. The standard InChI is InChI=1S/C16H22O12/c1-7(17)24-6-12(26-9(3)19)14-13(27-10(4)20)11(25-8(2)18)5-16(23,28-14)15(21)22/h11-14,23H,5-6H2,1-4H3,(H,21,22)/t11-,12-,13-,14-,16-/m1/s1. The maximum absolute atomic E-state index is 11.5. The number of aliphatic hydroxyl groups is 1. The van der Waals surface area contributed by atoms with Crippen LogP contribution in [-0.2, 0) is 47.7 Å². The van der Waals surface area contributed by atoms with Crippen LogP contribution in [0.2, 0.25) is 0 Å². The zero-order valence-corrected chi connectivity index (χ0v) is 15.7. The van der Waals surface area contributed by atoms with E-state index < -0.39 is 73.1 Å². The Hall–Kier alpha value is -2.73. The van der Waals surface area contributed by atoms with Gasteiger partial charge in [0, 0.05) is 27.7 Å². The Balaban J connectivity index is 3.36. The molecule has 12 heteroatoms. The first-order chi connectivity index (χ1) is 12.9. The van der Waals surface area contributed by atoms with E-state index in [0.29, 0.717) is 0 Å². The second-order valence-corrected chi connectivity index (χ2v) is 6.05. The first kappa shape index (κ1) is 23.3. The van der Waals surface area contributed by atoms with Gasteiger partial charge in [-0.3, -0.25) is 19.2 Å². The van der Waals surface area contributed by atoms with Gasteiger partial charge in [-0.2, -0.15) is 0 Å². The molecule has 1 rings (SSSR count). The van der Waals surface area contributed by atoms with Gasteiger partial charge < -0.3 is 33.9 Å². The number of rotatable bonds is 7. The summed E-state index contributed by atoms with van der Waals surface area (Å²) < 4.78 is 25.0. The molecule has 0 saturated carbocycles. The highest BCUT2D eigenvalue weighted by atomic mass is 16.7. The van der Waals surface area contributed by atoms with Crippen LogP contribution in [0.3, 0.4) is 0 Å². The Morgan fingerprint density at radius 3 is 2.00 bits per heavy atom. The molecule has 0 aromatic carbocycles. The largest absolute Gasteiger partial charge is 0.477 e. The molecule has 28 heavy (non-hydrogen) atoms. The van der Waals surface area contributed by atoms with Crippen molar-refractivity contribution in [2.24, 2.45) is 0 Å². The summed E-state index contributed by atoms with van der Waals surface area (Å²) in [6.07, 6.45) is -6.78. The SMILES string of the molecule is CC(=O)OC[C@@H](OC(C)=O)[C@H]1O[C@@](O)(C(=O)O)C[C@@H](OC(C)=O)[C@H]1OC(C)=O. The number of carbonyl (C=O) groups excluding carboxylic acids is 4. The molecule has 0 aromatic rings. The van der Waals surface area contributed by atoms with Crippen molar-refractivity contribution in [1.82, 2.24) is 0 Å². The van der Waals surface area contributed by atoms with Gasteiger partial charge in [-0.25, -0.2) is 4.79 Å². The molecule has 1 heterocycles. The van der Waals surface area contributed by atoms with Crippen LogP contribution in [0.15, 0.2) is 0 Å². The van der Waals surface area contributed by atoms with Crippen LogP contribution in [0.25, 0.3) is 0 Å². The summed E-state index contributed by atoms with van der Waals surface area (Å²) in [6, 6.07) is 0. The average molecular weight is 406 g/mol. The summed E-state index contributed by atoms with van der Waals surface area (Å²) in [4.78, 5) is 56.9. The van der Waals surface area contributed by atoms with Crippen LogP contribution in [0, 0.1) is 0 Å². The second-order valence-electron chi connectivity index (χ2n) is 6.05. The number of aliphatic carboxylic acids is 1. The fourth-order valence-electron chi connectivity index (χ4n) is 2.63. The Bertz CT molecular complexity index is 644. The van der Waals surface area contributed by atoms with Crippen molar-refractivity contribution in [1.29, 1.82) is 0 Å². The van der Waals surface area contributed by atoms with Crippen molar-refractivity contribution in [3.8, 4) is 0 Å². The van der Waals surface area contributed by atoms with Gasteiger partial charge in [0.1, 0.15) is 18.8 Å². The molecule has 0 amide bonds. The lowest BCUT2D eigenvalue weighted by Gasteiger charge is -2.44. The smallest absolute Gasteiger partial charge is 0.364 e. The summed E-state index contributed by atoms with van der Waals surface area (Å²) in [7, 11) is 0. The van der Waals surface area contributed by atoms with Gasteiger partial charge in [-0.1, -0.05) is 0 Å². The van der Waals surface area contributed by atoms with Gasteiger partial charge in [-0.15, -0.1) is 0 Å². The molecule has 158 valence electrons. The highest BCUT2D eigenvalue weighted by Crippen LogP contribution is 2.34. The zero-order valence-electron chi connectivity index (χ0n) is 15.7. The predicted molar refractivity (Wildman–Crippen MR) is 85.4 cm³/mol. The van der Waals surface area contributed by atoms with E-state index in [1.165, 1.54) is 0 Å². The molecule has 0 aliphatic carbocycles. The number of hydrogen-bond donors (Lipinski definition) is 2. The minimum atomic E-state index is -2.85. The predicted octanol–water partition coefficient (Wildman–Crippen LogP) is -1.09. The second kappa shape index (κ2) is 9.46. The average Bonchev–Trinajstić information content (AvgIpc) is 2.52. The Labute approximate surface area is 159 Å². The van der Waals surface area contributed by atoms with Crippen molar-refractivity contribution in [2.75, 3.05) is 6.61 Å². The minimum Gasteiger partial charge on any atom is -0.477 e. The molecule has 0 bridgehead atoms. The lowest BCUT2D eigenvalue weighted by Crippen LogP contribution is -2.64. The van der Waals surface area contributed by atoms with E-state index >= 15 is 0 Å². The third-order valence-corrected chi connectivity index (χ3v) is 3.59. The molecule has 1 aliphatic rings. The molecular weight excluding hydrogens is 384 g/mol. The summed E-state index contributed by atoms with van der Waals surface area (Å²) in [5.41, 5.74) is 0. The number of carbonyl (C=O) groups is 5. The fourth-order valence-corrected chi connectivity index (χ4v) is 2.63. The van der Waals surface area contributed by atoms with Crippen LogP contribution >= 0.6 is 0 Å². The lowest BCUT2D eigenvalue weighted by atomic mass is 9.92. The van der Waals surface area contributed by atoms with E-state index in [-0.39, 0.29) is 0 Å². The Morgan fingerprint density at radius 1 is 1.00 bits per heavy atom. The normalized spacial score (nSPS) is 27.8. The number of carboxylic acids is 1. The van der Waals surface area contributed by atoms with E-state index in [9.17, 15) is 34.2 Å². The first-order valence-electron chi connectivity index (χ1n) is 8.14. The maximum atomic E-state index is 11.5. The summed E-state index contributed by atoms with van der Waals surface area (Å²) in [6.45, 7) is 3.56. The van der Waals surface area contributed by atoms with Gasteiger partial charge >= 0.3 is 29.8 Å². The van der Waals surface area contributed by atoms with Crippen LogP contribution in [0.4, 0.5) is 0 Å². The Morgan fingerprint density at radius 2 is 1.57 bits per heavy atom. The Kier molecular flexibility index (Phi) is 7.88. The van der Waals surface area contributed by atoms with E-state index in [2.05, 4.69) is 0 Å². The third kappa shape index (κ3) is 6.46. The van der Waals surface area contributed by atoms with Crippen molar-refractivity contribution < 1.29 is 57.9 Å². The molecule has 0 aromatic heterocycles. The van der Waals surface area contributed by atoms with Gasteiger partial charge in [0.05, 0.1) is 6.42 Å². The zero-order chi connectivity index (χ0) is 21.6. The highest BCUT2D eigenvalue weighted by Gasteiger charge is 2.56. The molecule has 0 radical (unpaired) electrons. The van der Waals surface area contributed by atoms with Gasteiger partial charge in [-0.05, 0) is 0 Å². The van der Waals surface area contributed by atoms with Crippen molar-refractivity contribution >= 4 is 29.8 Å². The minimum absolute atomic E-state index is 0.597. The van der Waals surface area contributed by atoms with Gasteiger partial charge in [0.15, 0.2) is 12.2 Å². The number of carboxylic acid groups (broad SMARTS) is 1. The number of esters is 4. The van der Waals surface area contributed by atoms with E-state index in [4.69, 9.17) is 23.7 Å². The van der Waals surface area contributed by atoms with Crippen LogP contribution in [0.1, 0.15) is 34.1 Å². The topological polar surface area (TPSA) is 172 Å². The maximum Gasteiger partial charge on any atom is 0.364 e. The molecule has 12 nitrogen and oxygen atoms in total. The van der Waals surface area contributed by atoms with E-state index in [1.54, 1.807) is 0 Å². The molecule has 0 unspecified atom stereocenters. The molecular formula is C16H22O12. The molecule has 1 aliphatic heterocycles. The molecule has 1 fully saturated rings. The van der Waals surface area contributed by atoms with Crippen molar-refractivity contribution in [2.45, 2.75) is 64.3 Å². The lowest BCUT2D eigenvalue weighted by molar-refractivity contribution is -0.312.